The summed E-state index contributed by atoms with van der Waals surface area (Å²) in [5.74, 6) is 0. The van der Waals surface area contributed by atoms with Gasteiger partial charge in [-0.15, -0.1) is 11.3 Å². The van der Waals surface area contributed by atoms with Crippen LogP contribution >= 0.6 is 50.5 Å². The quantitative estimate of drug-likeness (QED) is 0.673. The van der Waals surface area contributed by atoms with Crippen LogP contribution in [0.25, 0.3) is 0 Å². The highest BCUT2D eigenvalue weighted by atomic mass is 79.9. The van der Waals surface area contributed by atoms with Crippen molar-refractivity contribution in [3.8, 4) is 0 Å². The molecule has 96 valence electrons. The minimum absolute atomic E-state index is 0.182. The highest BCUT2D eigenvalue weighted by molar-refractivity contribution is 9.10. The van der Waals surface area contributed by atoms with Crippen molar-refractivity contribution in [3.05, 3.63) is 48.5 Å². The summed E-state index contributed by atoms with van der Waals surface area (Å²) in [5.41, 5.74) is 2.06. The van der Waals surface area contributed by atoms with Gasteiger partial charge in [-0.1, -0.05) is 39.1 Å². The molecule has 0 radical (unpaired) electrons. The van der Waals surface area contributed by atoms with Gasteiger partial charge in [-0.05, 0) is 43.0 Å². The third-order valence-electron chi connectivity index (χ3n) is 2.66. The highest BCUT2D eigenvalue weighted by Crippen LogP contribution is 2.37. The number of anilines is 1. The molecule has 1 unspecified atom stereocenters. The van der Waals surface area contributed by atoms with Gasteiger partial charge >= 0.3 is 0 Å². The Morgan fingerprint density at radius 2 is 1.89 bits per heavy atom. The van der Waals surface area contributed by atoms with Gasteiger partial charge in [0.25, 0.3) is 0 Å². The van der Waals surface area contributed by atoms with E-state index in [-0.39, 0.29) is 6.04 Å². The molecule has 1 heterocycles. The predicted molar refractivity (Wildman–Crippen MR) is 85.3 cm³/mol. The van der Waals surface area contributed by atoms with E-state index < -0.39 is 0 Å². The lowest BCUT2D eigenvalue weighted by molar-refractivity contribution is 0.899. The molecule has 5 heteroatoms. The number of benzene rings is 1. The number of halogens is 3. The zero-order valence-corrected chi connectivity index (χ0v) is 13.8. The third-order valence-corrected chi connectivity index (χ3v) is 4.92. The Kier molecular flexibility index (Phi) is 4.59. The molecule has 1 nitrogen and oxygen atoms in total. The zero-order valence-electron chi connectivity index (χ0n) is 9.93. The van der Waals surface area contributed by atoms with E-state index in [1.807, 2.05) is 12.1 Å². The molecule has 0 spiro atoms. The Labute approximate surface area is 129 Å². The fourth-order valence-electron chi connectivity index (χ4n) is 1.79. The highest BCUT2D eigenvalue weighted by Gasteiger charge is 2.14. The van der Waals surface area contributed by atoms with E-state index in [4.69, 9.17) is 23.2 Å². The van der Waals surface area contributed by atoms with Crippen molar-refractivity contribution >= 4 is 56.2 Å². The van der Waals surface area contributed by atoms with E-state index in [9.17, 15) is 0 Å². The molecule has 1 aromatic heterocycles. The van der Waals surface area contributed by atoms with Gasteiger partial charge in [-0.2, -0.15) is 0 Å². The van der Waals surface area contributed by atoms with Crippen LogP contribution < -0.4 is 5.32 Å². The molecule has 1 atom stereocenters. The summed E-state index contributed by atoms with van der Waals surface area (Å²) in [7, 11) is 0. The number of rotatable bonds is 3. The molecule has 0 fully saturated rings. The Bertz CT molecular complexity index is 545. The molecule has 0 bridgehead atoms. The Morgan fingerprint density at radius 1 is 1.28 bits per heavy atom. The monoisotopic (exact) mass is 363 g/mol. The predicted octanol–water partition coefficient (Wildman–Crippen LogP) is 6.30. The normalized spacial score (nSPS) is 12.5. The van der Waals surface area contributed by atoms with Crippen LogP contribution in [0.5, 0.6) is 0 Å². The van der Waals surface area contributed by atoms with Gasteiger partial charge < -0.3 is 5.32 Å². The van der Waals surface area contributed by atoms with Gasteiger partial charge in [-0.3, -0.25) is 0 Å². The van der Waals surface area contributed by atoms with Gasteiger partial charge in [-0.25, -0.2) is 0 Å². The molecule has 0 amide bonds. The summed E-state index contributed by atoms with van der Waals surface area (Å²) in [6.45, 7) is 4.21. The van der Waals surface area contributed by atoms with Crippen molar-refractivity contribution < 1.29 is 0 Å². The third kappa shape index (κ3) is 3.02. The number of hydrogen-bond donors (Lipinski definition) is 1. The number of thiophene rings is 1. The summed E-state index contributed by atoms with van der Waals surface area (Å²) in [4.78, 5) is 1.30. The van der Waals surface area contributed by atoms with Crippen LogP contribution in [-0.4, -0.2) is 0 Å². The second-order valence-electron chi connectivity index (χ2n) is 4.08. The maximum Gasteiger partial charge on any atom is 0.0724 e. The first-order valence-corrected chi connectivity index (χ1v) is 7.87. The van der Waals surface area contributed by atoms with E-state index in [2.05, 4.69) is 46.5 Å². The molecule has 2 aromatic rings. The average molecular weight is 365 g/mol. The second-order valence-corrected chi connectivity index (χ2v) is 6.76. The summed E-state index contributed by atoms with van der Waals surface area (Å²) in [6, 6.07) is 5.97. The van der Waals surface area contributed by atoms with Crippen LogP contribution in [0.4, 0.5) is 5.69 Å². The van der Waals surface area contributed by atoms with E-state index in [1.54, 1.807) is 11.3 Å². The maximum atomic E-state index is 6.21. The van der Waals surface area contributed by atoms with Crippen LogP contribution in [0, 0.1) is 6.92 Å². The van der Waals surface area contributed by atoms with E-state index in [0.717, 1.165) is 10.2 Å². The zero-order chi connectivity index (χ0) is 13.3. The van der Waals surface area contributed by atoms with Crippen LogP contribution in [0.2, 0.25) is 10.0 Å². The first-order chi connectivity index (χ1) is 8.49. The summed E-state index contributed by atoms with van der Waals surface area (Å²) in [6.07, 6.45) is 0. The molecule has 2 rings (SSSR count). The van der Waals surface area contributed by atoms with E-state index in [0.29, 0.717) is 10.0 Å². The number of aryl methyl sites for hydroxylation is 1. The lowest BCUT2D eigenvalue weighted by atomic mass is 10.2. The van der Waals surface area contributed by atoms with Crippen molar-refractivity contribution in [1.29, 1.82) is 0 Å². The maximum absolute atomic E-state index is 6.21. The number of nitrogens with one attached hydrogen (secondary N) is 1. The van der Waals surface area contributed by atoms with Crippen LogP contribution in [0.15, 0.2) is 28.1 Å². The fraction of sp³-hybridized carbons (Fsp3) is 0.231. The molecular formula is C13H12BrCl2NS. The van der Waals surface area contributed by atoms with Crippen molar-refractivity contribution in [2.75, 3.05) is 5.32 Å². The SMILES string of the molecule is Cc1ccsc1C(C)Nc1c(Cl)cc(Br)cc1Cl. The standard InChI is InChI=1S/C13H12BrCl2NS/c1-7-3-4-18-13(7)8(2)17-12-10(15)5-9(14)6-11(12)16/h3-6,8,17H,1-2H3. The molecule has 0 aliphatic rings. The summed E-state index contributed by atoms with van der Waals surface area (Å²) >= 11 is 17.5. The summed E-state index contributed by atoms with van der Waals surface area (Å²) < 4.78 is 0.878. The molecule has 1 N–H and O–H groups in total. The van der Waals surface area contributed by atoms with E-state index >= 15 is 0 Å². The summed E-state index contributed by atoms with van der Waals surface area (Å²) in [5, 5.41) is 6.71. The molecule has 0 aliphatic carbocycles. The van der Waals surface area contributed by atoms with Gasteiger partial charge in [0.15, 0.2) is 0 Å². The molecule has 0 saturated carbocycles. The molecule has 18 heavy (non-hydrogen) atoms. The largest absolute Gasteiger partial charge is 0.375 e. The van der Waals surface area contributed by atoms with Crippen LogP contribution in [0.3, 0.4) is 0 Å². The minimum Gasteiger partial charge on any atom is -0.375 e. The van der Waals surface area contributed by atoms with Gasteiger partial charge in [0, 0.05) is 9.35 Å². The Morgan fingerprint density at radius 3 is 2.39 bits per heavy atom. The molecule has 1 aromatic carbocycles. The van der Waals surface area contributed by atoms with Crippen molar-refractivity contribution in [3.63, 3.8) is 0 Å². The van der Waals surface area contributed by atoms with Crippen molar-refractivity contribution in [2.45, 2.75) is 19.9 Å². The Hall–Kier alpha value is -0.220. The Balaban J connectivity index is 2.27. The number of hydrogen-bond acceptors (Lipinski definition) is 2. The lowest BCUT2D eigenvalue weighted by Gasteiger charge is -2.17. The smallest absolute Gasteiger partial charge is 0.0724 e. The van der Waals surface area contributed by atoms with Crippen molar-refractivity contribution in [1.82, 2.24) is 0 Å². The first kappa shape index (κ1) is 14.2. The van der Waals surface area contributed by atoms with E-state index in [1.165, 1.54) is 10.4 Å². The van der Waals surface area contributed by atoms with Gasteiger partial charge in [0.1, 0.15) is 0 Å². The molecular weight excluding hydrogens is 353 g/mol. The molecule has 0 saturated heterocycles. The van der Waals surface area contributed by atoms with Crippen LogP contribution in [-0.2, 0) is 0 Å². The average Bonchev–Trinajstić information content (AvgIpc) is 2.69. The van der Waals surface area contributed by atoms with Crippen LogP contribution in [0.1, 0.15) is 23.4 Å². The lowest BCUT2D eigenvalue weighted by Crippen LogP contribution is -2.07. The minimum atomic E-state index is 0.182. The van der Waals surface area contributed by atoms with Gasteiger partial charge in [0.2, 0.25) is 0 Å². The topological polar surface area (TPSA) is 12.0 Å². The second kappa shape index (κ2) is 5.83. The van der Waals surface area contributed by atoms with Gasteiger partial charge in [0.05, 0.1) is 21.8 Å². The van der Waals surface area contributed by atoms with Crippen molar-refractivity contribution in [2.24, 2.45) is 0 Å². The first-order valence-electron chi connectivity index (χ1n) is 5.44. The fourth-order valence-corrected chi connectivity index (χ4v) is 4.04. The molecule has 0 aliphatic heterocycles.